The van der Waals surface area contributed by atoms with Crippen LogP contribution in [0.3, 0.4) is 0 Å². The topological polar surface area (TPSA) is 148 Å². The molecular weight excluding hydrogens is 492 g/mol. The molecule has 0 unspecified atom stereocenters. The van der Waals surface area contributed by atoms with Gasteiger partial charge in [0.05, 0.1) is 46.7 Å². The summed E-state index contributed by atoms with van der Waals surface area (Å²) in [5.74, 6) is -0.149. The molecule has 0 radical (unpaired) electrons. The van der Waals surface area contributed by atoms with Crippen LogP contribution >= 0.6 is 0 Å². The zero-order valence-corrected chi connectivity index (χ0v) is 20.9. The smallest absolute Gasteiger partial charge is 0.339 e. The standard InChI is InChI=1S/C25H28O12/c1-30-12-6-11(7-13(8-12)31-2)24(28)35-10-16-18(26)19(27)23-22(36-16)17-14(25(29)37-23)9-15(32-3)20(33-4)21(17)34-5/h6-9,16,18-19,22-23,26-27H,10H2,1-5H3/t16-,18-,19+,22+,23-/m1/s1. The highest BCUT2D eigenvalue weighted by molar-refractivity contribution is 5.95. The third kappa shape index (κ3) is 4.70. The SMILES string of the molecule is COc1cc(OC)cc(C(=O)OC[C@H]2O[C@H]3c4c(cc(OC)c(OC)c4OC)C(=O)O[C@@H]3[C@@H](O)[C@@H]2O)c1. The number of benzene rings is 2. The maximum Gasteiger partial charge on any atom is 0.339 e. The Hall–Kier alpha value is -3.74. The van der Waals surface area contributed by atoms with Crippen molar-refractivity contribution in [2.24, 2.45) is 0 Å². The zero-order chi connectivity index (χ0) is 26.9. The van der Waals surface area contributed by atoms with Gasteiger partial charge < -0.3 is 48.1 Å². The van der Waals surface area contributed by atoms with Gasteiger partial charge in [-0.05, 0) is 18.2 Å². The number of fused-ring (bicyclic) bond motifs is 3. The second-order valence-electron chi connectivity index (χ2n) is 8.25. The van der Waals surface area contributed by atoms with Crippen molar-refractivity contribution in [1.82, 2.24) is 0 Å². The number of aliphatic hydroxyl groups is 2. The number of ether oxygens (including phenoxy) is 8. The van der Waals surface area contributed by atoms with Crippen LogP contribution in [0, 0.1) is 0 Å². The molecule has 12 heteroatoms. The number of rotatable bonds is 8. The van der Waals surface area contributed by atoms with Gasteiger partial charge >= 0.3 is 11.9 Å². The van der Waals surface area contributed by atoms with Gasteiger partial charge in [-0.2, -0.15) is 0 Å². The molecule has 0 amide bonds. The van der Waals surface area contributed by atoms with Crippen LogP contribution in [0.15, 0.2) is 24.3 Å². The fraction of sp³-hybridized carbons (Fsp3) is 0.440. The minimum atomic E-state index is -1.55. The van der Waals surface area contributed by atoms with Crippen molar-refractivity contribution in [1.29, 1.82) is 0 Å². The molecule has 2 heterocycles. The molecule has 4 rings (SSSR count). The minimum Gasteiger partial charge on any atom is -0.497 e. The Morgan fingerprint density at radius 1 is 0.865 bits per heavy atom. The molecule has 0 spiro atoms. The summed E-state index contributed by atoms with van der Waals surface area (Å²) in [4.78, 5) is 25.5. The quantitative estimate of drug-likeness (QED) is 0.483. The van der Waals surface area contributed by atoms with Crippen molar-refractivity contribution in [3.63, 3.8) is 0 Å². The first kappa shape index (κ1) is 26.3. The van der Waals surface area contributed by atoms with E-state index < -0.39 is 49.1 Å². The summed E-state index contributed by atoms with van der Waals surface area (Å²) in [6, 6.07) is 5.95. The molecule has 2 aromatic rings. The molecule has 12 nitrogen and oxygen atoms in total. The van der Waals surface area contributed by atoms with E-state index in [0.717, 1.165) is 0 Å². The van der Waals surface area contributed by atoms with Gasteiger partial charge in [0, 0.05) is 11.6 Å². The molecule has 2 aliphatic heterocycles. The van der Waals surface area contributed by atoms with Crippen molar-refractivity contribution in [3.8, 4) is 28.7 Å². The van der Waals surface area contributed by atoms with Crippen molar-refractivity contribution in [2.75, 3.05) is 42.2 Å². The van der Waals surface area contributed by atoms with E-state index in [0.29, 0.717) is 11.5 Å². The molecule has 1 saturated heterocycles. The third-order valence-corrected chi connectivity index (χ3v) is 6.27. The van der Waals surface area contributed by atoms with E-state index in [1.54, 1.807) is 6.07 Å². The number of aliphatic hydroxyl groups excluding tert-OH is 2. The molecule has 2 aliphatic rings. The first-order valence-corrected chi connectivity index (χ1v) is 11.2. The maximum absolute atomic E-state index is 12.8. The van der Waals surface area contributed by atoms with E-state index in [9.17, 15) is 19.8 Å². The molecule has 2 aromatic carbocycles. The van der Waals surface area contributed by atoms with Gasteiger partial charge in [-0.3, -0.25) is 0 Å². The van der Waals surface area contributed by atoms with E-state index in [4.69, 9.17) is 37.9 Å². The van der Waals surface area contributed by atoms with Gasteiger partial charge in [-0.25, -0.2) is 9.59 Å². The number of carbonyl (C=O) groups is 2. The largest absolute Gasteiger partial charge is 0.497 e. The predicted octanol–water partition coefficient (Wildman–Crippen LogP) is 1.29. The second-order valence-corrected chi connectivity index (χ2v) is 8.25. The summed E-state index contributed by atoms with van der Waals surface area (Å²) < 4.78 is 43.4. The second kappa shape index (κ2) is 10.7. The molecule has 0 bridgehead atoms. The number of hydrogen-bond donors (Lipinski definition) is 2. The van der Waals surface area contributed by atoms with Gasteiger partial charge in [-0.15, -0.1) is 0 Å². The van der Waals surface area contributed by atoms with E-state index in [1.807, 2.05) is 0 Å². The Labute approximate surface area is 212 Å². The van der Waals surface area contributed by atoms with Crippen LogP contribution in [0.4, 0.5) is 0 Å². The van der Waals surface area contributed by atoms with Gasteiger partial charge in [0.25, 0.3) is 0 Å². The lowest BCUT2D eigenvalue weighted by Gasteiger charge is -2.45. The number of esters is 2. The maximum atomic E-state index is 12.8. The normalized spacial score (nSPS) is 24.2. The molecule has 200 valence electrons. The number of carbonyl (C=O) groups excluding carboxylic acids is 2. The summed E-state index contributed by atoms with van der Waals surface area (Å²) in [5.41, 5.74) is 0.482. The summed E-state index contributed by atoms with van der Waals surface area (Å²) >= 11 is 0. The zero-order valence-electron chi connectivity index (χ0n) is 20.9. The van der Waals surface area contributed by atoms with E-state index in [-0.39, 0.29) is 33.9 Å². The number of methoxy groups -OCH3 is 5. The van der Waals surface area contributed by atoms with Gasteiger partial charge in [0.2, 0.25) is 5.75 Å². The lowest BCUT2D eigenvalue weighted by molar-refractivity contribution is -0.235. The highest BCUT2D eigenvalue weighted by Gasteiger charge is 2.52. The van der Waals surface area contributed by atoms with E-state index >= 15 is 0 Å². The highest BCUT2D eigenvalue weighted by Crippen LogP contribution is 2.50. The Bertz CT molecular complexity index is 1160. The minimum absolute atomic E-state index is 0.0820. The molecular formula is C25H28O12. The summed E-state index contributed by atoms with van der Waals surface area (Å²) in [7, 11) is 7.08. The average molecular weight is 520 g/mol. The van der Waals surface area contributed by atoms with Gasteiger partial charge in [0.15, 0.2) is 17.6 Å². The fourth-order valence-electron chi connectivity index (χ4n) is 4.42. The van der Waals surface area contributed by atoms with Gasteiger partial charge in [0.1, 0.15) is 42.5 Å². The van der Waals surface area contributed by atoms with Crippen LogP contribution in [-0.4, -0.2) is 88.7 Å². The summed E-state index contributed by atoms with van der Waals surface area (Å²) in [5, 5.41) is 21.5. The van der Waals surface area contributed by atoms with Gasteiger partial charge in [-0.1, -0.05) is 0 Å². The van der Waals surface area contributed by atoms with Crippen molar-refractivity contribution in [3.05, 3.63) is 41.0 Å². The van der Waals surface area contributed by atoms with Crippen molar-refractivity contribution in [2.45, 2.75) is 30.5 Å². The monoisotopic (exact) mass is 520 g/mol. The first-order valence-electron chi connectivity index (χ1n) is 11.2. The van der Waals surface area contributed by atoms with Crippen molar-refractivity contribution < 1.29 is 57.7 Å². The van der Waals surface area contributed by atoms with Crippen LogP contribution in [0.2, 0.25) is 0 Å². The molecule has 0 saturated carbocycles. The van der Waals surface area contributed by atoms with Crippen LogP contribution in [0.5, 0.6) is 28.7 Å². The molecule has 0 aromatic heterocycles. The number of hydrogen-bond acceptors (Lipinski definition) is 12. The van der Waals surface area contributed by atoms with Crippen LogP contribution in [0.1, 0.15) is 32.4 Å². The molecule has 5 atom stereocenters. The Morgan fingerprint density at radius 2 is 1.51 bits per heavy atom. The predicted molar refractivity (Wildman–Crippen MR) is 125 cm³/mol. The average Bonchev–Trinajstić information content (AvgIpc) is 2.92. The lowest BCUT2D eigenvalue weighted by Crippen LogP contribution is -2.58. The Balaban J connectivity index is 1.63. The molecule has 37 heavy (non-hydrogen) atoms. The first-order chi connectivity index (χ1) is 17.8. The summed E-state index contributed by atoms with van der Waals surface area (Å²) in [6.07, 6.45) is -6.57. The lowest BCUT2D eigenvalue weighted by atomic mass is 9.86. The van der Waals surface area contributed by atoms with Crippen LogP contribution in [0.25, 0.3) is 0 Å². The fourth-order valence-corrected chi connectivity index (χ4v) is 4.42. The van der Waals surface area contributed by atoms with Crippen LogP contribution < -0.4 is 23.7 Å². The molecule has 0 aliphatic carbocycles. The van der Waals surface area contributed by atoms with Crippen LogP contribution in [-0.2, 0) is 14.2 Å². The third-order valence-electron chi connectivity index (χ3n) is 6.27. The Kier molecular flexibility index (Phi) is 7.62. The molecule has 2 N–H and O–H groups in total. The van der Waals surface area contributed by atoms with Crippen molar-refractivity contribution >= 4 is 11.9 Å². The molecule has 1 fully saturated rings. The Morgan fingerprint density at radius 3 is 2.08 bits per heavy atom. The highest BCUT2D eigenvalue weighted by atomic mass is 16.6. The summed E-state index contributed by atoms with van der Waals surface area (Å²) in [6.45, 7) is -0.418. The van der Waals surface area contributed by atoms with E-state index in [2.05, 4.69) is 0 Å². The van der Waals surface area contributed by atoms with E-state index in [1.165, 1.54) is 53.7 Å².